The predicted octanol–water partition coefficient (Wildman–Crippen LogP) is 5.59. The van der Waals surface area contributed by atoms with Crippen molar-refractivity contribution >= 4 is 11.5 Å². The lowest BCUT2D eigenvalue weighted by atomic mass is 9.71. The Labute approximate surface area is 233 Å². The molecular formula is C32H35FN4O3. The molecule has 208 valence electrons. The Balaban J connectivity index is 1.54. The summed E-state index contributed by atoms with van der Waals surface area (Å²) < 4.78 is 24.2. The van der Waals surface area contributed by atoms with Crippen molar-refractivity contribution in [2.24, 2.45) is 0 Å². The Kier molecular flexibility index (Phi) is 7.47. The second-order valence-electron chi connectivity index (χ2n) is 10.9. The third-order valence-corrected chi connectivity index (χ3v) is 7.80. The fourth-order valence-corrected chi connectivity index (χ4v) is 5.64. The molecule has 0 spiro atoms. The van der Waals surface area contributed by atoms with Crippen LogP contribution in [-0.2, 0) is 29.9 Å². The van der Waals surface area contributed by atoms with Crippen molar-refractivity contribution < 1.29 is 13.9 Å². The first-order valence-corrected chi connectivity index (χ1v) is 13.7. The molecule has 0 N–H and O–H groups in total. The largest absolute Gasteiger partial charge is 0.369 e. The Bertz CT molecular complexity index is 1610. The van der Waals surface area contributed by atoms with Gasteiger partial charge in [-0.05, 0) is 63.4 Å². The normalized spacial score (nSPS) is 17.0. The van der Waals surface area contributed by atoms with Crippen LogP contribution < -0.4 is 10.6 Å². The lowest BCUT2D eigenvalue weighted by Gasteiger charge is -2.44. The van der Waals surface area contributed by atoms with Crippen molar-refractivity contribution in [3.8, 4) is 5.69 Å². The summed E-state index contributed by atoms with van der Waals surface area (Å²) in [6.45, 7) is 11.1. The maximum atomic E-state index is 15.8. The smallest absolute Gasteiger partial charge is 0.350 e. The molecule has 5 rings (SSSR count). The molecule has 1 aromatic heterocycles. The number of rotatable bonds is 8. The van der Waals surface area contributed by atoms with Gasteiger partial charge in [0.05, 0.1) is 17.7 Å². The monoisotopic (exact) mass is 542 g/mol. The van der Waals surface area contributed by atoms with Gasteiger partial charge in [0.2, 0.25) is 0 Å². The SMILES string of the molecule is CCn1c(COCc2ccccc2)nn(-c2cc3c(cc2F)C(=O)[C@](C)(c2ccccc2C)CN3C(C)C)c1=O. The first-order valence-electron chi connectivity index (χ1n) is 13.7. The van der Waals surface area contributed by atoms with Gasteiger partial charge in [-0.2, -0.15) is 4.68 Å². The van der Waals surface area contributed by atoms with Gasteiger partial charge in [-0.3, -0.25) is 9.36 Å². The van der Waals surface area contributed by atoms with Crippen molar-refractivity contribution in [1.82, 2.24) is 14.3 Å². The molecule has 0 radical (unpaired) electrons. The van der Waals surface area contributed by atoms with Gasteiger partial charge < -0.3 is 9.64 Å². The summed E-state index contributed by atoms with van der Waals surface area (Å²) in [5.74, 6) is -0.408. The Morgan fingerprint density at radius 2 is 1.70 bits per heavy atom. The van der Waals surface area contributed by atoms with E-state index in [1.165, 1.54) is 10.6 Å². The van der Waals surface area contributed by atoms with Crippen molar-refractivity contribution in [1.29, 1.82) is 0 Å². The van der Waals surface area contributed by atoms with Crippen LogP contribution in [0.2, 0.25) is 0 Å². The first-order chi connectivity index (χ1) is 19.2. The summed E-state index contributed by atoms with van der Waals surface area (Å²) in [4.78, 5) is 29.4. The predicted molar refractivity (Wildman–Crippen MR) is 154 cm³/mol. The van der Waals surface area contributed by atoms with Crippen LogP contribution in [0.25, 0.3) is 5.69 Å². The molecule has 1 aliphatic rings. The molecule has 3 aromatic carbocycles. The van der Waals surface area contributed by atoms with E-state index in [9.17, 15) is 9.59 Å². The van der Waals surface area contributed by atoms with Gasteiger partial charge in [-0.25, -0.2) is 9.18 Å². The number of fused-ring (bicyclic) bond motifs is 1. The molecule has 1 atom stereocenters. The molecule has 7 nitrogen and oxygen atoms in total. The molecule has 0 aliphatic carbocycles. The Hall–Kier alpha value is -4.04. The number of ether oxygens (including phenoxy) is 1. The lowest BCUT2D eigenvalue weighted by molar-refractivity contribution is 0.0889. The van der Waals surface area contributed by atoms with E-state index in [-0.39, 0.29) is 24.1 Å². The highest BCUT2D eigenvalue weighted by Crippen LogP contribution is 2.42. The van der Waals surface area contributed by atoms with Crippen LogP contribution in [0.4, 0.5) is 10.1 Å². The minimum Gasteiger partial charge on any atom is -0.369 e. The molecule has 40 heavy (non-hydrogen) atoms. The van der Waals surface area contributed by atoms with Crippen LogP contribution in [-0.4, -0.2) is 32.7 Å². The number of aryl methyl sites for hydroxylation is 1. The number of benzene rings is 3. The maximum absolute atomic E-state index is 15.8. The molecule has 0 saturated carbocycles. The molecule has 1 aliphatic heterocycles. The van der Waals surface area contributed by atoms with Crippen LogP contribution in [0.5, 0.6) is 0 Å². The van der Waals surface area contributed by atoms with Gasteiger partial charge in [-0.1, -0.05) is 54.6 Å². The molecule has 0 amide bonds. The van der Waals surface area contributed by atoms with Crippen molar-refractivity contribution in [2.45, 2.75) is 65.8 Å². The van der Waals surface area contributed by atoms with E-state index in [1.807, 2.05) is 89.2 Å². The standard InChI is InChI=1S/C32H35FN4O3/c1-6-35-29(19-40-18-23-13-8-7-9-14-23)34-37(31(35)39)28-17-27-24(16-26(28)33)30(38)32(5,20-36(27)21(2)3)25-15-11-10-12-22(25)4/h7-17,21H,6,18-20H2,1-5H3/t32-/m0/s1. The molecule has 0 unspecified atom stereocenters. The summed E-state index contributed by atoms with van der Waals surface area (Å²) in [5, 5.41) is 4.47. The Morgan fingerprint density at radius 1 is 1.00 bits per heavy atom. The van der Waals surface area contributed by atoms with Gasteiger partial charge in [0.1, 0.15) is 18.1 Å². The van der Waals surface area contributed by atoms with Crippen LogP contribution in [0.3, 0.4) is 0 Å². The maximum Gasteiger partial charge on any atom is 0.350 e. The van der Waals surface area contributed by atoms with Crippen LogP contribution in [0.15, 0.2) is 71.5 Å². The van der Waals surface area contributed by atoms with Crippen LogP contribution >= 0.6 is 0 Å². The third kappa shape index (κ3) is 4.77. The van der Waals surface area contributed by atoms with Crippen molar-refractivity contribution in [2.75, 3.05) is 11.4 Å². The highest BCUT2D eigenvalue weighted by atomic mass is 19.1. The number of halogens is 1. The lowest BCUT2D eigenvalue weighted by Crippen LogP contribution is -2.52. The van der Waals surface area contributed by atoms with E-state index < -0.39 is 16.9 Å². The van der Waals surface area contributed by atoms with Gasteiger partial charge in [0.15, 0.2) is 11.6 Å². The summed E-state index contributed by atoms with van der Waals surface area (Å²) in [6, 6.07) is 20.4. The summed E-state index contributed by atoms with van der Waals surface area (Å²) in [5.41, 5.74) is 2.56. The fraction of sp³-hybridized carbons (Fsp3) is 0.344. The highest BCUT2D eigenvalue weighted by molar-refractivity contribution is 6.10. The fourth-order valence-electron chi connectivity index (χ4n) is 5.64. The number of hydrogen-bond donors (Lipinski definition) is 0. The van der Waals surface area contributed by atoms with E-state index in [4.69, 9.17) is 4.74 Å². The number of ketones is 1. The minimum atomic E-state index is -0.847. The summed E-state index contributed by atoms with van der Waals surface area (Å²) >= 11 is 0. The molecule has 4 aromatic rings. The van der Waals surface area contributed by atoms with Gasteiger partial charge in [0.25, 0.3) is 0 Å². The Morgan fingerprint density at radius 3 is 2.38 bits per heavy atom. The molecule has 0 saturated heterocycles. The zero-order chi connectivity index (χ0) is 28.6. The number of hydrogen-bond acceptors (Lipinski definition) is 5. The molecule has 0 fully saturated rings. The first kappa shape index (κ1) is 27.5. The molecular weight excluding hydrogens is 507 g/mol. The van der Waals surface area contributed by atoms with E-state index in [1.54, 1.807) is 6.07 Å². The number of carbonyl (C=O) groups is 1. The van der Waals surface area contributed by atoms with E-state index in [0.29, 0.717) is 36.8 Å². The molecule has 2 heterocycles. The quantitative estimate of drug-likeness (QED) is 0.291. The van der Waals surface area contributed by atoms with Gasteiger partial charge in [-0.15, -0.1) is 5.10 Å². The van der Waals surface area contributed by atoms with Gasteiger partial charge in [0, 0.05) is 24.7 Å². The third-order valence-electron chi connectivity index (χ3n) is 7.80. The van der Waals surface area contributed by atoms with Crippen LogP contribution in [0, 0.1) is 12.7 Å². The number of carbonyl (C=O) groups excluding carboxylic acids is 1. The van der Waals surface area contributed by atoms with Gasteiger partial charge >= 0.3 is 5.69 Å². The number of aromatic nitrogens is 3. The average molecular weight is 543 g/mol. The van der Waals surface area contributed by atoms with Crippen molar-refractivity contribution in [3.63, 3.8) is 0 Å². The second-order valence-corrected chi connectivity index (χ2v) is 10.9. The average Bonchev–Trinajstić information content (AvgIpc) is 3.25. The highest BCUT2D eigenvalue weighted by Gasteiger charge is 2.45. The zero-order valence-electron chi connectivity index (χ0n) is 23.6. The number of Topliss-reactive ketones (excluding diaryl/α,β-unsaturated/α-hetero) is 1. The van der Waals surface area contributed by atoms with E-state index in [2.05, 4.69) is 10.00 Å². The van der Waals surface area contributed by atoms with Crippen molar-refractivity contribution in [3.05, 3.63) is 111 Å². The summed E-state index contributed by atoms with van der Waals surface area (Å²) in [6.07, 6.45) is 0. The summed E-state index contributed by atoms with van der Waals surface area (Å²) in [7, 11) is 0. The van der Waals surface area contributed by atoms with E-state index >= 15 is 4.39 Å². The molecule has 0 bridgehead atoms. The number of nitrogens with zero attached hydrogens (tertiary/aromatic N) is 4. The zero-order valence-corrected chi connectivity index (χ0v) is 23.6. The van der Waals surface area contributed by atoms with E-state index in [0.717, 1.165) is 21.4 Å². The topological polar surface area (TPSA) is 69.4 Å². The van der Waals surface area contributed by atoms with Crippen LogP contribution in [0.1, 0.15) is 60.6 Å². The minimum absolute atomic E-state index is 0.0122. The second kappa shape index (κ2) is 10.8. The molecule has 8 heteroatoms. The number of anilines is 1.